The molecule has 0 atom stereocenters. The molecule has 7 heteroatoms. The number of nitrogens with two attached hydrogens (primary N) is 2. The van der Waals surface area contributed by atoms with E-state index in [1.165, 1.54) is 13.3 Å². The maximum Gasteiger partial charge on any atom is 0.343 e. The van der Waals surface area contributed by atoms with Crippen LogP contribution in [0.3, 0.4) is 0 Å². The largest absolute Gasteiger partial charge is 0.482 e. The normalized spacial score (nSPS) is 10.1. The summed E-state index contributed by atoms with van der Waals surface area (Å²) < 4.78 is 9.62. The van der Waals surface area contributed by atoms with E-state index in [0.717, 1.165) is 5.56 Å². The van der Waals surface area contributed by atoms with Gasteiger partial charge in [-0.2, -0.15) is 5.10 Å². The van der Waals surface area contributed by atoms with Crippen LogP contribution < -0.4 is 16.2 Å². The summed E-state index contributed by atoms with van der Waals surface area (Å²) >= 11 is 0. The molecule has 0 aromatic heterocycles. The van der Waals surface area contributed by atoms with Crippen molar-refractivity contribution in [3.8, 4) is 5.75 Å². The van der Waals surface area contributed by atoms with Gasteiger partial charge >= 0.3 is 5.97 Å². The summed E-state index contributed by atoms with van der Waals surface area (Å²) in [6.45, 7) is -0.127. The van der Waals surface area contributed by atoms with Crippen LogP contribution in [0.5, 0.6) is 5.75 Å². The molecule has 0 heterocycles. The van der Waals surface area contributed by atoms with Crippen LogP contribution >= 0.6 is 0 Å². The standard InChI is InChI=1S/C11H14N4O3/c1-17-10(16)7-18-9-4-2-8(3-5-9)6-14-15-11(12)13/h2-6H,7H2,1H3,(H4,12,13,15). The zero-order chi connectivity index (χ0) is 13.4. The molecule has 0 aliphatic carbocycles. The molecular formula is C11H14N4O3. The number of esters is 1. The monoisotopic (exact) mass is 250 g/mol. The summed E-state index contributed by atoms with van der Waals surface area (Å²) in [5.41, 5.74) is 11.0. The molecule has 96 valence electrons. The molecule has 1 aromatic carbocycles. The molecule has 0 aliphatic heterocycles. The van der Waals surface area contributed by atoms with E-state index < -0.39 is 5.97 Å². The van der Waals surface area contributed by atoms with Gasteiger partial charge in [-0.25, -0.2) is 4.79 Å². The average Bonchev–Trinajstić information content (AvgIpc) is 2.37. The Morgan fingerprint density at radius 2 is 2.00 bits per heavy atom. The molecule has 18 heavy (non-hydrogen) atoms. The van der Waals surface area contributed by atoms with Gasteiger partial charge in [0.25, 0.3) is 0 Å². The quantitative estimate of drug-likeness (QED) is 0.326. The number of rotatable bonds is 5. The number of methoxy groups -OCH3 is 1. The molecule has 0 radical (unpaired) electrons. The number of carbonyl (C=O) groups excluding carboxylic acids is 1. The summed E-state index contributed by atoms with van der Waals surface area (Å²) in [5.74, 6) is 0.0112. The summed E-state index contributed by atoms with van der Waals surface area (Å²) in [4.78, 5) is 10.9. The van der Waals surface area contributed by atoms with Gasteiger partial charge in [0.05, 0.1) is 13.3 Å². The number of guanidine groups is 1. The Morgan fingerprint density at radius 3 is 2.56 bits per heavy atom. The molecule has 0 spiro atoms. The average molecular weight is 250 g/mol. The van der Waals surface area contributed by atoms with Gasteiger partial charge in [-0.05, 0) is 29.8 Å². The maximum atomic E-state index is 10.9. The molecule has 0 saturated carbocycles. The Kier molecular flexibility index (Phi) is 5.17. The highest BCUT2D eigenvalue weighted by molar-refractivity contribution is 5.81. The van der Waals surface area contributed by atoms with Crippen LogP contribution in [0.4, 0.5) is 0 Å². The highest BCUT2D eigenvalue weighted by Crippen LogP contribution is 2.11. The Bertz CT molecular complexity index is 450. The third kappa shape index (κ3) is 4.97. The lowest BCUT2D eigenvalue weighted by molar-refractivity contribution is -0.142. The first-order valence-corrected chi connectivity index (χ1v) is 5.03. The number of ether oxygens (including phenoxy) is 2. The highest BCUT2D eigenvalue weighted by Gasteiger charge is 2.00. The van der Waals surface area contributed by atoms with E-state index in [1.807, 2.05) is 0 Å². The predicted octanol–water partition coefficient (Wildman–Crippen LogP) is -0.154. The van der Waals surface area contributed by atoms with E-state index >= 15 is 0 Å². The van der Waals surface area contributed by atoms with Crippen molar-refractivity contribution in [2.45, 2.75) is 0 Å². The Morgan fingerprint density at radius 1 is 1.33 bits per heavy atom. The molecule has 1 aromatic rings. The van der Waals surface area contributed by atoms with Crippen molar-refractivity contribution in [2.75, 3.05) is 13.7 Å². The predicted molar refractivity (Wildman–Crippen MR) is 67.4 cm³/mol. The SMILES string of the molecule is COC(=O)COc1ccc(C=NN=C(N)N)cc1. The summed E-state index contributed by atoms with van der Waals surface area (Å²) in [6, 6.07) is 6.89. The molecule has 0 bridgehead atoms. The minimum absolute atomic E-state index is 0.107. The molecular weight excluding hydrogens is 236 g/mol. The van der Waals surface area contributed by atoms with Crippen molar-refractivity contribution < 1.29 is 14.3 Å². The Hall–Kier alpha value is -2.57. The van der Waals surface area contributed by atoms with E-state index in [-0.39, 0.29) is 12.6 Å². The number of nitrogens with zero attached hydrogens (tertiary/aromatic N) is 2. The molecule has 0 amide bonds. The lowest BCUT2D eigenvalue weighted by atomic mass is 10.2. The van der Waals surface area contributed by atoms with Crippen LogP contribution in [0.15, 0.2) is 34.5 Å². The van der Waals surface area contributed by atoms with Crippen LogP contribution in [0.25, 0.3) is 0 Å². The Balaban J connectivity index is 2.55. The van der Waals surface area contributed by atoms with Crippen LogP contribution in [0.2, 0.25) is 0 Å². The first-order chi connectivity index (χ1) is 8.61. The molecule has 0 fully saturated rings. The number of hydrogen-bond acceptors (Lipinski definition) is 5. The van der Waals surface area contributed by atoms with Crippen LogP contribution in [0.1, 0.15) is 5.56 Å². The van der Waals surface area contributed by atoms with E-state index in [4.69, 9.17) is 16.2 Å². The third-order valence-electron chi connectivity index (χ3n) is 1.84. The topological polar surface area (TPSA) is 112 Å². The van der Waals surface area contributed by atoms with Crippen LogP contribution in [-0.4, -0.2) is 31.9 Å². The van der Waals surface area contributed by atoms with Crippen molar-refractivity contribution in [1.29, 1.82) is 0 Å². The fraction of sp³-hybridized carbons (Fsp3) is 0.182. The van der Waals surface area contributed by atoms with E-state index in [1.54, 1.807) is 24.3 Å². The van der Waals surface area contributed by atoms with Crippen molar-refractivity contribution in [1.82, 2.24) is 0 Å². The minimum atomic E-state index is -0.437. The molecule has 0 saturated heterocycles. The molecule has 4 N–H and O–H groups in total. The zero-order valence-corrected chi connectivity index (χ0v) is 9.87. The lowest BCUT2D eigenvalue weighted by Crippen LogP contribution is -2.21. The highest BCUT2D eigenvalue weighted by atomic mass is 16.6. The fourth-order valence-electron chi connectivity index (χ4n) is 1.01. The zero-order valence-electron chi connectivity index (χ0n) is 9.87. The van der Waals surface area contributed by atoms with Crippen LogP contribution in [-0.2, 0) is 9.53 Å². The van der Waals surface area contributed by atoms with Gasteiger partial charge in [0.15, 0.2) is 6.61 Å². The first kappa shape index (κ1) is 13.5. The maximum absolute atomic E-state index is 10.9. The van der Waals surface area contributed by atoms with Gasteiger partial charge in [0.1, 0.15) is 5.75 Å². The lowest BCUT2D eigenvalue weighted by Gasteiger charge is -2.04. The van der Waals surface area contributed by atoms with E-state index in [0.29, 0.717) is 5.75 Å². The van der Waals surface area contributed by atoms with Crippen molar-refractivity contribution in [2.24, 2.45) is 21.7 Å². The van der Waals surface area contributed by atoms with Crippen molar-refractivity contribution in [3.05, 3.63) is 29.8 Å². The van der Waals surface area contributed by atoms with Gasteiger partial charge in [-0.3, -0.25) is 0 Å². The number of benzene rings is 1. The second kappa shape index (κ2) is 6.89. The summed E-state index contributed by atoms with van der Waals surface area (Å²) in [7, 11) is 1.30. The van der Waals surface area contributed by atoms with Crippen LogP contribution in [0, 0.1) is 0 Å². The third-order valence-corrected chi connectivity index (χ3v) is 1.84. The van der Waals surface area contributed by atoms with Gasteiger partial charge in [0, 0.05) is 0 Å². The van der Waals surface area contributed by atoms with E-state index in [9.17, 15) is 4.79 Å². The van der Waals surface area contributed by atoms with Crippen molar-refractivity contribution >= 4 is 18.1 Å². The summed E-state index contributed by atoms with van der Waals surface area (Å²) in [5, 5.41) is 7.12. The molecule has 0 aliphatic rings. The second-order valence-corrected chi connectivity index (χ2v) is 3.20. The molecule has 7 nitrogen and oxygen atoms in total. The number of carbonyl (C=O) groups is 1. The molecule has 0 unspecified atom stereocenters. The van der Waals surface area contributed by atoms with Gasteiger partial charge < -0.3 is 20.9 Å². The van der Waals surface area contributed by atoms with Gasteiger partial charge in [-0.15, -0.1) is 5.10 Å². The van der Waals surface area contributed by atoms with Gasteiger partial charge in [0.2, 0.25) is 5.96 Å². The number of hydrogen-bond donors (Lipinski definition) is 2. The van der Waals surface area contributed by atoms with Gasteiger partial charge in [-0.1, -0.05) is 0 Å². The fourth-order valence-corrected chi connectivity index (χ4v) is 1.01. The second-order valence-electron chi connectivity index (χ2n) is 3.20. The summed E-state index contributed by atoms with van der Waals surface area (Å²) in [6.07, 6.45) is 1.49. The Labute approximate surface area is 104 Å². The first-order valence-electron chi connectivity index (χ1n) is 5.03. The van der Waals surface area contributed by atoms with Crippen molar-refractivity contribution in [3.63, 3.8) is 0 Å². The smallest absolute Gasteiger partial charge is 0.343 e. The minimum Gasteiger partial charge on any atom is -0.482 e. The van der Waals surface area contributed by atoms with E-state index in [2.05, 4.69) is 14.9 Å². The molecule has 1 rings (SSSR count).